The number of nitrogens with two attached hydrogens (primary N) is 1. The van der Waals surface area contributed by atoms with Crippen LogP contribution in [0.15, 0.2) is 0 Å². The summed E-state index contributed by atoms with van der Waals surface area (Å²) in [7, 11) is 1.82. The summed E-state index contributed by atoms with van der Waals surface area (Å²) in [5, 5.41) is 0. The zero-order valence-corrected chi connectivity index (χ0v) is 10.2. The van der Waals surface area contributed by atoms with E-state index < -0.39 is 0 Å². The van der Waals surface area contributed by atoms with Crippen LogP contribution in [0.2, 0.25) is 0 Å². The van der Waals surface area contributed by atoms with Gasteiger partial charge in [-0.3, -0.25) is 4.90 Å². The van der Waals surface area contributed by atoms with Crippen LogP contribution in [0, 0.1) is 0 Å². The average Bonchev–Trinajstić information content (AvgIpc) is 2.30. The Balaban J connectivity index is 2.37. The summed E-state index contributed by atoms with van der Waals surface area (Å²) in [6.07, 6.45) is 6.67. The molecule has 0 radical (unpaired) electrons. The highest BCUT2D eigenvalue weighted by molar-refractivity contribution is 4.80. The van der Waals surface area contributed by atoms with E-state index in [1.807, 2.05) is 7.11 Å². The predicted molar refractivity (Wildman–Crippen MR) is 64.0 cm³/mol. The number of likely N-dealkylation sites (tertiary alicyclic amines) is 1. The van der Waals surface area contributed by atoms with Gasteiger partial charge in [0.2, 0.25) is 0 Å². The molecule has 2 N–H and O–H groups in total. The van der Waals surface area contributed by atoms with Gasteiger partial charge in [-0.1, -0.05) is 19.8 Å². The number of ether oxygens (including phenoxy) is 1. The maximum atomic E-state index is 5.85. The third-order valence-electron chi connectivity index (χ3n) is 3.42. The van der Waals surface area contributed by atoms with Gasteiger partial charge in [0.15, 0.2) is 0 Å². The third-order valence-corrected chi connectivity index (χ3v) is 3.42. The molecule has 90 valence electrons. The van der Waals surface area contributed by atoms with E-state index in [2.05, 4.69) is 11.8 Å². The van der Waals surface area contributed by atoms with E-state index in [0.29, 0.717) is 12.1 Å². The molecule has 0 aromatic carbocycles. The first-order chi connectivity index (χ1) is 7.31. The zero-order chi connectivity index (χ0) is 11.1. The summed E-state index contributed by atoms with van der Waals surface area (Å²) in [6.45, 7) is 5.30. The fourth-order valence-corrected chi connectivity index (χ4v) is 2.38. The normalized spacial score (nSPS) is 25.4. The smallest absolute Gasteiger partial charge is 0.0698 e. The van der Waals surface area contributed by atoms with Gasteiger partial charge in [-0.05, 0) is 25.8 Å². The van der Waals surface area contributed by atoms with Crippen molar-refractivity contribution in [3.05, 3.63) is 0 Å². The molecule has 1 aliphatic heterocycles. The van der Waals surface area contributed by atoms with Crippen LogP contribution in [0.4, 0.5) is 0 Å². The quantitative estimate of drug-likeness (QED) is 0.730. The molecule has 15 heavy (non-hydrogen) atoms. The molecule has 1 rings (SSSR count). The summed E-state index contributed by atoms with van der Waals surface area (Å²) in [5.41, 5.74) is 5.85. The van der Waals surface area contributed by atoms with Crippen molar-refractivity contribution in [1.29, 1.82) is 0 Å². The Labute approximate surface area is 94.0 Å². The second-order valence-corrected chi connectivity index (χ2v) is 4.53. The van der Waals surface area contributed by atoms with Gasteiger partial charge in [0, 0.05) is 26.2 Å². The first-order valence-corrected chi connectivity index (χ1v) is 6.28. The molecule has 0 aromatic rings. The highest BCUT2D eigenvalue weighted by Crippen LogP contribution is 2.17. The van der Waals surface area contributed by atoms with Gasteiger partial charge in [0.25, 0.3) is 0 Å². The highest BCUT2D eigenvalue weighted by Gasteiger charge is 2.24. The molecule has 2 unspecified atom stereocenters. The van der Waals surface area contributed by atoms with Crippen molar-refractivity contribution in [1.82, 2.24) is 4.90 Å². The number of methoxy groups -OCH3 is 1. The molecule has 3 heteroatoms. The van der Waals surface area contributed by atoms with Crippen LogP contribution < -0.4 is 5.73 Å². The van der Waals surface area contributed by atoms with Crippen molar-refractivity contribution in [3.8, 4) is 0 Å². The van der Waals surface area contributed by atoms with Crippen LogP contribution in [-0.2, 0) is 4.74 Å². The number of rotatable bonds is 6. The maximum absolute atomic E-state index is 5.85. The Morgan fingerprint density at radius 2 is 2.33 bits per heavy atom. The van der Waals surface area contributed by atoms with Crippen LogP contribution in [0.25, 0.3) is 0 Å². The lowest BCUT2D eigenvalue weighted by Gasteiger charge is -2.37. The van der Waals surface area contributed by atoms with Gasteiger partial charge in [-0.2, -0.15) is 0 Å². The van der Waals surface area contributed by atoms with Gasteiger partial charge >= 0.3 is 0 Å². The summed E-state index contributed by atoms with van der Waals surface area (Å²) in [4.78, 5) is 2.52. The lowest BCUT2D eigenvalue weighted by atomic mass is 10.0. The number of unbranched alkanes of at least 4 members (excludes halogenated alkanes) is 1. The molecule has 1 fully saturated rings. The minimum atomic E-state index is 0.425. The van der Waals surface area contributed by atoms with Gasteiger partial charge < -0.3 is 10.5 Å². The Morgan fingerprint density at radius 3 is 2.93 bits per heavy atom. The van der Waals surface area contributed by atoms with Crippen molar-refractivity contribution >= 4 is 0 Å². The molecule has 2 atom stereocenters. The molecule has 1 heterocycles. The van der Waals surface area contributed by atoms with Crippen LogP contribution in [0.5, 0.6) is 0 Å². The van der Waals surface area contributed by atoms with Gasteiger partial charge in [0.1, 0.15) is 0 Å². The van der Waals surface area contributed by atoms with Crippen molar-refractivity contribution in [3.63, 3.8) is 0 Å². The van der Waals surface area contributed by atoms with Crippen LogP contribution in [0.1, 0.15) is 39.0 Å². The van der Waals surface area contributed by atoms with Crippen molar-refractivity contribution in [2.75, 3.05) is 26.7 Å². The van der Waals surface area contributed by atoms with E-state index in [1.165, 1.54) is 38.6 Å². The molecule has 1 aliphatic rings. The van der Waals surface area contributed by atoms with Crippen molar-refractivity contribution in [2.24, 2.45) is 5.73 Å². The van der Waals surface area contributed by atoms with Crippen LogP contribution in [0.3, 0.4) is 0 Å². The van der Waals surface area contributed by atoms with E-state index in [1.54, 1.807) is 0 Å². The fourth-order valence-electron chi connectivity index (χ4n) is 2.38. The second-order valence-electron chi connectivity index (χ2n) is 4.53. The van der Waals surface area contributed by atoms with Gasteiger partial charge in [0.05, 0.1) is 6.10 Å². The van der Waals surface area contributed by atoms with Gasteiger partial charge in [-0.15, -0.1) is 0 Å². The maximum Gasteiger partial charge on any atom is 0.0698 e. The van der Waals surface area contributed by atoms with Crippen molar-refractivity contribution < 1.29 is 4.74 Å². The summed E-state index contributed by atoms with van der Waals surface area (Å²) >= 11 is 0. The predicted octanol–water partition coefficient (Wildman–Crippen LogP) is 1.61. The minimum Gasteiger partial charge on any atom is -0.380 e. The number of hydrogen-bond donors (Lipinski definition) is 1. The van der Waals surface area contributed by atoms with Gasteiger partial charge in [-0.25, -0.2) is 0 Å². The largest absolute Gasteiger partial charge is 0.380 e. The average molecular weight is 214 g/mol. The van der Waals surface area contributed by atoms with E-state index in [9.17, 15) is 0 Å². The third kappa shape index (κ3) is 4.09. The number of nitrogens with zero attached hydrogens (tertiary/aromatic N) is 1. The Kier molecular flexibility index (Phi) is 6.22. The number of hydrogen-bond acceptors (Lipinski definition) is 3. The first-order valence-electron chi connectivity index (χ1n) is 6.28. The zero-order valence-electron chi connectivity index (χ0n) is 10.2. The molecule has 0 amide bonds. The standard InChI is InChI=1S/C12H26N2O/c1-3-4-6-11(9-13)14-8-5-7-12(10-14)15-2/h11-12H,3-10,13H2,1-2H3. The molecule has 0 aromatic heterocycles. The number of piperidine rings is 1. The summed E-state index contributed by atoms with van der Waals surface area (Å²) < 4.78 is 5.44. The highest BCUT2D eigenvalue weighted by atomic mass is 16.5. The van der Waals surface area contributed by atoms with E-state index in [-0.39, 0.29) is 0 Å². The Morgan fingerprint density at radius 1 is 1.53 bits per heavy atom. The molecule has 0 aliphatic carbocycles. The first kappa shape index (κ1) is 12.9. The van der Waals surface area contributed by atoms with Crippen LogP contribution in [-0.4, -0.2) is 43.8 Å². The van der Waals surface area contributed by atoms with Crippen LogP contribution >= 0.6 is 0 Å². The molecular formula is C12H26N2O. The lowest BCUT2D eigenvalue weighted by Crippen LogP contribution is -2.48. The van der Waals surface area contributed by atoms with E-state index in [4.69, 9.17) is 10.5 Å². The summed E-state index contributed by atoms with van der Waals surface area (Å²) in [5.74, 6) is 0. The Bertz CT molecular complexity index is 164. The minimum absolute atomic E-state index is 0.425. The molecule has 0 spiro atoms. The molecule has 0 saturated carbocycles. The summed E-state index contributed by atoms with van der Waals surface area (Å²) in [6, 6.07) is 0.572. The van der Waals surface area contributed by atoms with E-state index in [0.717, 1.165) is 13.1 Å². The monoisotopic (exact) mass is 214 g/mol. The van der Waals surface area contributed by atoms with Crippen molar-refractivity contribution in [2.45, 2.75) is 51.2 Å². The molecule has 3 nitrogen and oxygen atoms in total. The molecule has 1 saturated heterocycles. The molecule has 0 bridgehead atoms. The lowest BCUT2D eigenvalue weighted by molar-refractivity contribution is 0.0141. The SMILES string of the molecule is CCCCC(CN)N1CCCC(OC)C1. The Hall–Kier alpha value is -0.120. The fraction of sp³-hybridized carbons (Fsp3) is 1.00. The topological polar surface area (TPSA) is 38.5 Å². The second kappa shape index (κ2) is 7.20. The molecular weight excluding hydrogens is 188 g/mol. The van der Waals surface area contributed by atoms with E-state index >= 15 is 0 Å².